The van der Waals surface area contributed by atoms with Gasteiger partial charge in [0.2, 0.25) is 0 Å². The fourth-order valence-corrected chi connectivity index (χ4v) is 3.29. The van der Waals surface area contributed by atoms with Crippen LogP contribution >= 0.6 is 11.3 Å². The van der Waals surface area contributed by atoms with E-state index in [2.05, 4.69) is 15.5 Å². The summed E-state index contributed by atoms with van der Waals surface area (Å²) in [7, 11) is 1.63. The summed E-state index contributed by atoms with van der Waals surface area (Å²) in [6, 6.07) is 5.91. The van der Waals surface area contributed by atoms with Gasteiger partial charge >= 0.3 is 0 Å². The van der Waals surface area contributed by atoms with Gasteiger partial charge in [-0.15, -0.1) is 11.3 Å². The number of anilines is 1. The summed E-state index contributed by atoms with van der Waals surface area (Å²) in [6.07, 6.45) is 0.629. The highest BCUT2D eigenvalue weighted by molar-refractivity contribution is 7.14. The van der Waals surface area contributed by atoms with E-state index >= 15 is 0 Å². The van der Waals surface area contributed by atoms with Crippen LogP contribution in [-0.4, -0.2) is 23.2 Å². The van der Waals surface area contributed by atoms with Gasteiger partial charge in [0.1, 0.15) is 17.1 Å². The Morgan fingerprint density at radius 2 is 2.16 bits per heavy atom. The Kier molecular flexibility index (Phi) is 4.85. The van der Waals surface area contributed by atoms with Crippen LogP contribution < -0.4 is 10.1 Å². The van der Waals surface area contributed by atoms with E-state index in [1.165, 1.54) is 11.3 Å². The molecule has 25 heavy (non-hydrogen) atoms. The first kappa shape index (κ1) is 17.2. The van der Waals surface area contributed by atoms with Gasteiger partial charge in [0, 0.05) is 10.9 Å². The highest BCUT2D eigenvalue weighted by Gasteiger charge is 2.20. The van der Waals surface area contributed by atoms with Crippen molar-refractivity contribution >= 4 is 22.4 Å². The Bertz CT molecular complexity index is 914. The van der Waals surface area contributed by atoms with E-state index in [1.54, 1.807) is 14.0 Å². The third-order valence-electron chi connectivity index (χ3n) is 3.85. The zero-order chi connectivity index (χ0) is 18.0. The van der Waals surface area contributed by atoms with E-state index in [0.717, 1.165) is 22.6 Å². The Labute approximate surface area is 149 Å². The maximum Gasteiger partial charge on any atom is 0.262 e. The van der Waals surface area contributed by atoms with Crippen LogP contribution in [0, 0.1) is 13.8 Å². The summed E-state index contributed by atoms with van der Waals surface area (Å²) < 4.78 is 10.5. The van der Waals surface area contributed by atoms with Crippen LogP contribution in [0.4, 0.5) is 5.13 Å². The number of methoxy groups -OCH3 is 1. The molecule has 6 nitrogen and oxygen atoms in total. The third kappa shape index (κ3) is 3.41. The molecule has 3 aromatic rings. The topological polar surface area (TPSA) is 77.3 Å². The predicted molar refractivity (Wildman–Crippen MR) is 97.4 cm³/mol. The number of carbonyl (C=O) groups is 1. The van der Waals surface area contributed by atoms with Crippen molar-refractivity contribution < 1.29 is 14.1 Å². The fourth-order valence-electron chi connectivity index (χ4n) is 2.59. The highest BCUT2D eigenvalue weighted by atomic mass is 32.1. The molecule has 0 aliphatic carbocycles. The fraction of sp³-hybridized carbons (Fsp3) is 0.278. The number of aromatic nitrogens is 2. The van der Waals surface area contributed by atoms with Crippen molar-refractivity contribution in [3.8, 4) is 17.0 Å². The Morgan fingerprint density at radius 3 is 2.88 bits per heavy atom. The molecule has 0 spiro atoms. The normalized spacial score (nSPS) is 10.7. The second-order valence-corrected chi connectivity index (χ2v) is 6.47. The molecule has 0 aliphatic rings. The first-order valence-electron chi connectivity index (χ1n) is 7.90. The number of benzene rings is 1. The summed E-state index contributed by atoms with van der Waals surface area (Å²) in [5, 5.41) is 9.16. The molecule has 130 valence electrons. The second kappa shape index (κ2) is 7.06. The van der Waals surface area contributed by atoms with Gasteiger partial charge in [-0.1, -0.05) is 23.7 Å². The van der Waals surface area contributed by atoms with Gasteiger partial charge in [-0.3, -0.25) is 10.1 Å². The molecule has 3 rings (SSSR count). The van der Waals surface area contributed by atoms with Gasteiger partial charge < -0.3 is 9.26 Å². The Balaban J connectivity index is 1.86. The number of ether oxygens (including phenoxy) is 1. The lowest BCUT2D eigenvalue weighted by molar-refractivity contribution is 0.102. The summed E-state index contributed by atoms with van der Waals surface area (Å²) in [5.41, 5.74) is 3.90. The third-order valence-corrected chi connectivity index (χ3v) is 4.61. The molecule has 2 heterocycles. The Morgan fingerprint density at radius 1 is 1.36 bits per heavy atom. The number of aryl methyl sites for hydroxylation is 3. The van der Waals surface area contributed by atoms with Crippen LogP contribution in [0.5, 0.6) is 5.75 Å². The smallest absolute Gasteiger partial charge is 0.262 e. The van der Waals surface area contributed by atoms with Gasteiger partial charge in [-0.25, -0.2) is 4.98 Å². The Hall–Kier alpha value is -2.67. The lowest BCUT2D eigenvalue weighted by Gasteiger charge is -2.07. The molecule has 7 heteroatoms. The van der Waals surface area contributed by atoms with Crippen LogP contribution in [0.2, 0.25) is 0 Å². The van der Waals surface area contributed by atoms with Crippen LogP contribution in [-0.2, 0) is 6.42 Å². The molecule has 0 fully saturated rings. The van der Waals surface area contributed by atoms with Crippen molar-refractivity contribution in [1.29, 1.82) is 0 Å². The number of carbonyl (C=O) groups excluding carboxylic acids is 1. The number of nitrogens with one attached hydrogen (secondary N) is 1. The minimum atomic E-state index is -0.257. The van der Waals surface area contributed by atoms with Gasteiger partial charge in [-0.05, 0) is 32.4 Å². The number of hydrogen-bond donors (Lipinski definition) is 1. The maximum atomic E-state index is 12.5. The lowest BCUT2D eigenvalue weighted by Crippen LogP contribution is -2.14. The van der Waals surface area contributed by atoms with Crippen molar-refractivity contribution in [2.24, 2.45) is 0 Å². The SMILES string of the molecule is CCc1noc(C)c1C(=O)Nc1nc(-c2cc(C)ccc2OC)cs1. The molecule has 2 aromatic heterocycles. The first-order chi connectivity index (χ1) is 12.0. The molecule has 0 bridgehead atoms. The van der Waals surface area contributed by atoms with E-state index in [0.29, 0.717) is 28.6 Å². The average molecular weight is 357 g/mol. The summed E-state index contributed by atoms with van der Waals surface area (Å²) in [6.45, 7) is 5.67. The molecule has 0 atom stereocenters. The van der Waals surface area contributed by atoms with E-state index in [9.17, 15) is 4.79 Å². The maximum absolute atomic E-state index is 12.5. The van der Waals surface area contributed by atoms with Crippen LogP contribution in [0.15, 0.2) is 28.1 Å². The van der Waals surface area contributed by atoms with E-state index in [-0.39, 0.29) is 5.91 Å². The zero-order valence-electron chi connectivity index (χ0n) is 14.5. The molecular formula is C18H19N3O3S. The summed E-state index contributed by atoms with van der Waals surface area (Å²) >= 11 is 1.36. The molecule has 1 N–H and O–H groups in total. The molecule has 0 aliphatic heterocycles. The molecule has 0 unspecified atom stereocenters. The summed E-state index contributed by atoms with van der Waals surface area (Å²) in [4.78, 5) is 17.1. The van der Waals surface area contributed by atoms with E-state index in [4.69, 9.17) is 9.26 Å². The van der Waals surface area contributed by atoms with Crippen molar-refractivity contribution in [3.05, 3.63) is 46.2 Å². The molecule has 1 amide bonds. The zero-order valence-corrected chi connectivity index (χ0v) is 15.4. The number of hydrogen-bond acceptors (Lipinski definition) is 6. The summed E-state index contributed by atoms with van der Waals surface area (Å²) in [5.74, 6) is 0.996. The van der Waals surface area contributed by atoms with E-state index < -0.39 is 0 Å². The molecule has 0 radical (unpaired) electrons. The molecule has 0 saturated carbocycles. The number of nitrogens with zero attached hydrogens (tertiary/aromatic N) is 2. The lowest BCUT2D eigenvalue weighted by atomic mass is 10.1. The molecule has 1 aromatic carbocycles. The average Bonchev–Trinajstić information content (AvgIpc) is 3.21. The van der Waals surface area contributed by atoms with Crippen molar-refractivity contribution in [2.75, 3.05) is 12.4 Å². The second-order valence-electron chi connectivity index (χ2n) is 5.61. The minimum Gasteiger partial charge on any atom is -0.496 e. The van der Waals surface area contributed by atoms with Gasteiger partial charge in [0.25, 0.3) is 5.91 Å². The standard InChI is InChI=1S/C18H19N3O3S/c1-5-13-16(11(3)24-21-13)17(22)20-18-19-14(9-25-18)12-8-10(2)6-7-15(12)23-4/h6-9H,5H2,1-4H3,(H,19,20,22). The van der Waals surface area contributed by atoms with Crippen molar-refractivity contribution in [3.63, 3.8) is 0 Å². The molecule has 0 saturated heterocycles. The van der Waals surface area contributed by atoms with Gasteiger partial charge in [0.05, 0.1) is 18.5 Å². The van der Waals surface area contributed by atoms with Gasteiger partial charge in [0.15, 0.2) is 5.13 Å². The minimum absolute atomic E-state index is 0.257. The van der Waals surface area contributed by atoms with E-state index in [1.807, 2.05) is 37.4 Å². The first-order valence-corrected chi connectivity index (χ1v) is 8.78. The van der Waals surface area contributed by atoms with Crippen molar-refractivity contribution in [1.82, 2.24) is 10.1 Å². The number of rotatable bonds is 5. The molecular weight excluding hydrogens is 338 g/mol. The number of amides is 1. The van der Waals surface area contributed by atoms with Crippen LogP contribution in [0.3, 0.4) is 0 Å². The quantitative estimate of drug-likeness (QED) is 0.739. The monoisotopic (exact) mass is 357 g/mol. The van der Waals surface area contributed by atoms with Crippen LogP contribution in [0.1, 0.15) is 34.3 Å². The van der Waals surface area contributed by atoms with Crippen molar-refractivity contribution in [2.45, 2.75) is 27.2 Å². The van der Waals surface area contributed by atoms with Crippen LogP contribution in [0.25, 0.3) is 11.3 Å². The largest absolute Gasteiger partial charge is 0.496 e. The predicted octanol–water partition coefficient (Wildman–Crippen LogP) is 4.24. The van der Waals surface area contributed by atoms with Gasteiger partial charge in [-0.2, -0.15) is 0 Å². The number of thiazole rings is 1. The highest BCUT2D eigenvalue weighted by Crippen LogP contribution is 2.33.